The van der Waals surface area contributed by atoms with Crippen LogP contribution in [0.5, 0.6) is 5.75 Å². The van der Waals surface area contributed by atoms with Crippen molar-refractivity contribution in [1.82, 2.24) is 9.62 Å². The smallest absolute Gasteiger partial charge is 0.264 e. The number of nitrogens with one attached hydrogen (secondary N) is 1. The van der Waals surface area contributed by atoms with Crippen molar-refractivity contribution in [1.29, 1.82) is 0 Å². The van der Waals surface area contributed by atoms with Crippen molar-refractivity contribution < 1.29 is 17.9 Å². The van der Waals surface area contributed by atoms with E-state index in [2.05, 4.69) is 9.71 Å². The Morgan fingerprint density at radius 1 is 1.21 bits per heavy atom. The fourth-order valence-corrected chi connectivity index (χ4v) is 5.89. The van der Waals surface area contributed by atoms with Crippen LogP contribution in [0.1, 0.15) is 41.6 Å². The zero-order chi connectivity index (χ0) is 20.3. The van der Waals surface area contributed by atoms with Gasteiger partial charge in [-0.15, -0.1) is 0 Å². The van der Waals surface area contributed by atoms with Gasteiger partial charge in [0.25, 0.3) is 15.9 Å². The van der Waals surface area contributed by atoms with E-state index in [1.165, 1.54) is 17.8 Å². The van der Waals surface area contributed by atoms with Crippen LogP contribution in [0.15, 0.2) is 44.9 Å². The maximum absolute atomic E-state index is 12.6. The second kappa shape index (κ2) is 8.54. The lowest BCUT2D eigenvalue weighted by Crippen LogP contribution is -2.35. The molecule has 154 valence electrons. The molecule has 1 aromatic heterocycles. The van der Waals surface area contributed by atoms with Crippen molar-refractivity contribution >= 4 is 33.1 Å². The predicted molar refractivity (Wildman–Crippen MR) is 112 cm³/mol. The van der Waals surface area contributed by atoms with Gasteiger partial charge >= 0.3 is 0 Å². The summed E-state index contributed by atoms with van der Waals surface area (Å²) in [5.74, 6) is 1.11. The first-order valence-electron chi connectivity index (χ1n) is 9.70. The Labute approximate surface area is 174 Å². The van der Waals surface area contributed by atoms with Crippen LogP contribution in [0.3, 0.4) is 0 Å². The van der Waals surface area contributed by atoms with Gasteiger partial charge in [-0.25, -0.2) is 8.42 Å². The number of aliphatic imine (C=N–C) groups is 1. The summed E-state index contributed by atoms with van der Waals surface area (Å²) < 4.78 is 32.2. The van der Waals surface area contributed by atoms with Gasteiger partial charge in [-0.05, 0) is 37.5 Å². The molecule has 1 aromatic carbocycles. The quantitative estimate of drug-likeness (QED) is 0.710. The summed E-state index contributed by atoms with van der Waals surface area (Å²) in [6, 6.07) is 7.27. The molecule has 1 N–H and O–H groups in total. The van der Waals surface area contributed by atoms with E-state index >= 15 is 0 Å². The first kappa shape index (κ1) is 19.9. The number of rotatable bonds is 6. The summed E-state index contributed by atoms with van der Waals surface area (Å²) in [4.78, 5) is 19.2. The summed E-state index contributed by atoms with van der Waals surface area (Å²) >= 11 is 1.35. The number of hydrogen-bond acceptors (Lipinski definition) is 6. The van der Waals surface area contributed by atoms with Gasteiger partial charge in [0.1, 0.15) is 16.5 Å². The van der Waals surface area contributed by atoms with E-state index in [1.807, 2.05) is 23.1 Å². The molecule has 2 aromatic rings. The Hall–Kier alpha value is -2.39. The number of ether oxygens (including phenoxy) is 1. The van der Waals surface area contributed by atoms with E-state index in [-0.39, 0.29) is 5.91 Å². The molecular formula is C20H23N3O4S2. The average molecular weight is 434 g/mol. The second-order valence-electron chi connectivity index (χ2n) is 7.07. The largest absolute Gasteiger partial charge is 0.494 e. The van der Waals surface area contributed by atoms with E-state index in [4.69, 9.17) is 4.74 Å². The topological polar surface area (TPSA) is 88.1 Å². The SMILES string of the molecule is O=C(c1cccc(OCCCN=C2NS(=O)(=O)c3cscc32)c1)N1CCCCC1. The maximum atomic E-state index is 12.6. The van der Waals surface area contributed by atoms with Crippen LogP contribution in [0.25, 0.3) is 0 Å². The average Bonchev–Trinajstić information content (AvgIpc) is 3.32. The third-order valence-electron chi connectivity index (χ3n) is 4.97. The number of fused-ring (bicyclic) bond motifs is 1. The van der Waals surface area contributed by atoms with E-state index in [1.54, 1.807) is 16.8 Å². The van der Waals surface area contributed by atoms with Crippen molar-refractivity contribution in [3.05, 3.63) is 46.2 Å². The predicted octanol–water partition coefficient (Wildman–Crippen LogP) is 2.88. The van der Waals surface area contributed by atoms with Gasteiger partial charge in [-0.2, -0.15) is 11.3 Å². The Kier molecular flexibility index (Phi) is 5.86. The van der Waals surface area contributed by atoms with Crippen molar-refractivity contribution in [2.24, 2.45) is 4.99 Å². The van der Waals surface area contributed by atoms with E-state index in [9.17, 15) is 13.2 Å². The first-order chi connectivity index (χ1) is 14.0. The molecule has 0 spiro atoms. The lowest BCUT2D eigenvalue weighted by molar-refractivity contribution is 0.0724. The highest BCUT2D eigenvalue weighted by Gasteiger charge is 2.31. The van der Waals surface area contributed by atoms with Crippen LogP contribution in [0.4, 0.5) is 0 Å². The van der Waals surface area contributed by atoms with Gasteiger partial charge in [0.2, 0.25) is 0 Å². The third-order valence-corrected chi connectivity index (χ3v) is 7.24. The lowest BCUT2D eigenvalue weighted by atomic mass is 10.1. The van der Waals surface area contributed by atoms with Crippen molar-refractivity contribution in [3.8, 4) is 5.75 Å². The summed E-state index contributed by atoms with van der Waals surface area (Å²) in [6.07, 6.45) is 3.95. The van der Waals surface area contributed by atoms with E-state index in [0.29, 0.717) is 47.2 Å². The number of likely N-dealkylation sites (tertiary alicyclic amines) is 1. The number of carbonyl (C=O) groups excluding carboxylic acids is 1. The molecule has 3 heterocycles. The number of thiophene rings is 1. The Bertz CT molecular complexity index is 1020. The van der Waals surface area contributed by atoms with Gasteiger partial charge in [-0.3, -0.25) is 14.5 Å². The Morgan fingerprint density at radius 3 is 2.86 bits per heavy atom. The molecule has 7 nitrogen and oxygen atoms in total. The molecule has 29 heavy (non-hydrogen) atoms. The van der Waals surface area contributed by atoms with Crippen LogP contribution >= 0.6 is 11.3 Å². The summed E-state index contributed by atoms with van der Waals surface area (Å²) in [6.45, 7) is 2.51. The molecule has 0 atom stereocenters. The maximum Gasteiger partial charge on any atom is 0.264 e. The van der Waals surface area contributed by atoms with E-state index in [0.717, 1.165) is 25.9 Å². The lowest BCUT2D eigenvalue weighted by Gasteiger charge is -2.26. The first-order valence-corrected chi connectivity index (χ1v) is 12.1. The minimum Gasteiger partial charge on any atom is -0.494 e. The molecule has 9 heteroatoms. The molecule has 1 amide bonds. The van der Waals surface area contributed by atoms with Gasteiger partial charge in [0, 0.05) is 47.9 Å². The van der Waals surface area contributed by atoms with Crippen molar-refractivity contribution in [3.63, 3.8) is 0 Å². The number of amidine groups is 1. The zero-order valence-electron chi connectivity index (χ0n) is 16.0. The van der Waals surface area contributed by atoms with Gasteiger partial charge in [0.15, 0.2) is 0 Å². The molecule has 0 saturated carbocycles. The minimum atomic E-state index is -3.46. The van der Waals surface area contributed by atoms with Gasteiger partial charge in [-0.1, -0.05) is 6.07 Å². The minimum absolute atomic E-state index is 0.0571. The number of amides is 1. The molecule has 1 fully saturated rings. The fraction of sp³-hybridized carbons (Fsp3) is 0.400. The van der Waals surface area contributed by atoms with Crippen LogP contribution in [-0.4, -0.2) is 51.3 Å². The number of carbonyl (C=O) groups is 1. The number of hydrogen-bond donors (Lipinski definition) is 1. The molecule has 2 aliphatic heterocycles. The molecule has 1 saturated heterocycles. The highest BCUT2D eigenvalue weighted by Crippen LogP contribution is 2.26. The molecule has 0 aliphatic carbocycles. The number of sulfonamides is 1. The number of piperidine rings is 1. The van der Waals surface area contributed by atoms with Crippen LogP contribution < -0.4 is 9.46 Å². The number of benzene rings is 1. The summed E-state index contributed by atoms with van der Waals surface area (Å²) in [5, 5.41) is 3.40. The normalized spacial score (nSPS) is 19.0. The monoisotopic (exact) mass is 433 g/mol. The van der Waals surface area contributed by atoms with E-state index < -0.39 is 10.0 Å². The van der Waals surface area contributed by atoms with Gasteiger partial charge in [0.05, 0.1) is 6.61 Å². The summed E-state index contributed by atoms with van der Waals surface area (Å²) in [5.41, 5.74) is 1.29. The number of nitrogens with zero attached hydrogens (tertiary/aromatic N) is 2. The van der Waals surface area contributed by atoms with Crippen molar-refractivity contribution in [2.45, 2.75) is 30.6 Å². The second-order valence-corrected chi connectivity index (χ2v) is 9.46. The highest BCUT2D eigenvalue weighted by molar-refractivity contribution is 7.90. The molecule has 0 bridgehead atoms. The zero-order valence-corrected chi connectivity index (χ0v) is 17.6. The summed E-state index contributed by atoms with van der Waals surface area (Å²) in [7, 11) is -3.46. The molecular weight excluding hydrogens is 410 g/mol. The van der Waals surface area contributed by atoms with Crippen molar-refractivity contribution in [2.75, 3.05) is 26.2 Å². The standard InChI is InChI=1S/C20H23N3O4S2/c24-20(23-9-2-1-3-10-23)15-6-4-7-16(12-15)27-11-5-8-21-19-17-13-28-14-18(17)29(25,26)22-19/h4,6-7,12-14H,1-3,5,8-11H2,(H,21,22). The van der Waals surface area contributed by atoms with Crippen LogP contribution in [0.2, 0.25) is 0 Å². The molecule has 4 rings (SSSR count). The molecule has 0 radical (unpaired) electrons. The Morgan fingerprint density at radius 2 is 2.03 bits per heavy atom. The molecule has 2 aliphatic rings. The molecule has 0 unspecified atom stereocenters. The van der Waals surface area contributed by atoms with Crippen LogP contribution in [0, 0.1) is 0 Å². The third kappa shape index (κ3) is 4.45. The fourth-order valence-electron chi connectivity index (χ4n) is 3.46. The van der Waals surface area contributed by atoms with Gasteiger partial charge < -0.3 is 9.64 Å². The van der Waals surface area contributed by atoms with Crippen LogP contribution in [-0.2, 0) is 10.0 Å². The highest BCUT2D eigenvalue weighted by atomic mass is 32.2. The Balaban J connectivity index is 1.29.